The zero-order chi connectivity index (χ0) is 17.0. The molecule has 3 aromatic rings. The third kappa shape index (κ3) is 2.35. The number of carbonyl (C=O) groups excluding carboxylic acids is 1. The van der Waals surface area contributed by atoms with E-state index in [9.17, 15) is 4.79 Å². The first kappa shape index (κ1) is 14.7. The molecule has 128 valence electrons. The molecule has 5 rings (SSSR count). The van der Waals surface area contributed by atoms with Crippen LogP contribution in [0.5, 0.6) is 0 Å². The van der Waals surface area contributed by atoms with E-state index in [0.29, 0.717) is 13.0 Å². The van der Waals surface area contributed by atoms with E-state index >= 15 is 0 Å². The van der Waals surface area contributed by atoms with E-state index in [1.807, 2.05) is 4.90 Å². The van der Waals surface area contributed by atoms with E-state index in [-0.39, 0.29) is 11.8 Å². The molecule has 25 heavy (non-hydrogen) atoms. The predicted molar refractivity (Wildman–Crippen MR) is 94.1 cm³/mol. The number of hydrogen-bond acceptors (Lipinski definition) is 3. The highest BCUT2D eigenvalue weighted by atomic mass is 16.2. The largest absolute Gasteiger partial charge is 0.358 e. The maximum Gasteiger partial charge on any atom is 0.226 e. The van der Waals surface area contributed by atoms with Gasteiger partial charge in [-0.15, -0.1) is 0 Å². The molecule has 0 radical (unpaired) electrons. The summed E-state index contributed by atoms with van der Waals surface area (Å²) in [7, 11) is 0. The number of hydrogen-bond donors (Lipinski definition) is 2. The van der Waals surface area contributed by atoms with Gasteiger partial charge in [-0.3, -0.25) is 4.79 Å². The first-order valence-electron chi connectivity index (χ1n) is 8.96. The molecule has 1 aromatic carbocycles. The van der Waals surface area contributed by atoms with Crippen molar-refractivity contribution in [3.63, 3.8) is 0 Å². The highest BCUT2D eigenvalue weighted by molar-refractivity contribution is 5.87. The Bertz CT molecular complexity index is 970. The predicted octanol–water partition coefficient (Wildman–Crippen LogP) is 2.28. The molecule has 1 amide bonds. The molecular weight excluding hydrogens is 314 g/mol. The fraction of sp³-hybridized carbons (Fsp3) is 0.421. The number of aromatic amines is 2. The standard InChI is InChI=1S/C19H21N5O/c1-11-2-4-15-13(8-11)14-10-24(7-6-16(14)20-15)19(25)12-3-5-17-18(9-12)22-23-21-17/h2,4,8,12,20H,3,5-7,9-10H2,1H3,(H,21,22,23). The van der Waals surface area contributed by atoms with E-state index in [2.05, 4.69) is 45.5 Å². The van der Waals surface area contributed by atoms with Crippen molar-refractivity contribution in [2.75, 3.05) is 6.54 Å². The minimum atomic E-state index is 0.0334. The van der Waals surface area contributed by atoms with Gasteiger partial charge in [0.05, 0.1) is 11.4 Å². The van der Waals surface area contributed by atoms with Gasteiger partial charge in [0.2, 0.25) is 5.91 Å². The molecule has 2 aromatic heterocycles. The third-order valence-electron chi connectivity index (χ3n) is 5.66. The number of amides is 1. The summed E-state index contributed by atoms with van der Waals surface area (Å²) in [4.78, 5) is 18.6. The van der Waals surface area contributed by atoms with Crippen molar-refractivity contribution in [2.45, 2.75) is 39.2 Å². The van der Waals surface area contributed by atoms with Gasteiger partial charge in [0, 0.05) is 54.0 Å². The minimum Gasteiger partial charge on any atom is -0.358 e. The summed E-state index contributed by atoms with van der Waals surface area (Å²) >= 11 is 0. The van der Waals surface area contributed by atoms with Crippen LogP contribution in [0.25, 0.3) is 10.9 Å². The van der Waals surface area contributed by atoms with E-state index in [1.165, 1.54) is 27.7 Å². The summed E-state index contributed by atoms with van der Waals surface area (Å²) in [5, 5.41) is 12.3. The average Bonchev–Trinajstić information content (AvgIpc) is 3.24. The Labute approximate surface area is 145 Å². The van der Waals surface area contributed by atoms with Gasteiger partial charge < -0.3 is 9.88 Å². The normalized spacial score (nSPS) is 19.7. The van der Waals surface area contributed by atoms with Gasteiger partial charge in [-0.2, -0.15) is 15.4 Å². The van der Waals surface area contributed by atoms with Crippen LogP contribution in [0.3, 0.4) is 0 Å². The second kappa shape index (κ2) is 5.44. The molecule has 6 heteroatoms. The fourth-order valence-corrected chi connectivity index (χ4v) is 4.27. The molecule has 0 saturated carbocycles. The Morgan fingerprint density at radius 3 is 3.04 bits per heavy atom. The number of benzene rings is 1. The van der Waals surface area contributed by atoms with E-state index < -0.39 is 0 Å². The van der Waals surface area contributed by atoms with Gasteiger partial charge in [0.1, 0.15) is 0 Å². The molecule has 1 atom stereocenters. The lowest BCUT2D eigenvalue weighted by Crippen LogP contribution is -2.41. The fourth-order valence-electron chi connectivity index (χ4n) is 4.27. The molecular formula is C19H21N5O. The molecule has 2 aliphatic rings. The second-order valence-electron chi connectivity index (χ2n) is 7.30. The van der Waals surface area contributed by atoms with E-state index in [0.717, 1.165) is 37.2 Å². The lowest BCUT2D eigenvalue weighted by Gasteiger charge is -2.31. The summed E-state index contributed by atoms with van der Waals surface area (Å²) in [5.74, 6) is 0.299. The topological polar surface area (TPSA) is 77.7 Å². The Balaban J connectivity index is 1.41. The Hall–Kier alpha value is -2.63. The van der Waals surface area contributed by atoms with Crippen LogP contribution in [0.4, 0.5) is 0 Å². The summed E-state index contributed by atoms with van der Waals surface area (Å²) < 4.78 is 0. The van der Waals surface area contributed by atoms with E-state index in [4.69, 9.17) is 0 Å². The maximum atomic E-state index is 13.1. The average molecular weight is 335 g/mol. The number of fused-ring (bicyclic) bond motifs is 4. The Morgan fingerprint density at radius 2 is 2.12 bits per heavy atom. The molecule has 1 aliphatic carbocycles. The van der Waals surface area contributed by atoms with Crippen LogP contribution < -0.4 is 0 Å². The van der Waals surface area contributed by atoms with Crippen LogP contribution in [-0.4, -0.2) is 37.7 Å². The van der Waals surface area contributed by atoms with Gasteiger partial charge in [0.15, 0.2) is 0 Å². The number of nitrogens with one attached hydrogen (secondary N) is 2. The smallest absolute Gasteiger partial charge is 0.226 e. The summed E-state index contributed by atoms with van der Waals surface area (Å²) in [6.45, 7) is 3.61. The van der Waals surface area contributed by atoms with Crippen molar-refractivity contribution in [3.8, 4) is 0 Å². The zero-order valence-electron chi connectivity index (χ0n) is 14.3. The van der Waals surface area contributed by atoms with Crippen LogP contribution in [0.15, 0.2) is 18.2 Å². The summed E-state index contributed by atoms with van der Waals surface area (Å²) in [6, 6.07) is 6.49. The lowest BCUT2D eigenvalue weighted by molar-refractivity contribution is -0.136. The number of carbonyl (C=O) groups is 1. The van der Waals surface area contributed by atoms with Gasteiger partial charge in [0.25, 0.3) is 0 Å². The quantitative estimate of drug-likeness (QED) is 0.716. The van der Waals surface area contributed by atoms with Crippen LogP contribution >= 0.6 is 0 Å². The first-order valence-corrected chi connectivity index (χ1v) is 8.96. The van der Waals surface area contributed by atoms with Crippen LogP contribution in [-0.2, 0) is 30.6 Å². The zero-order valence-corrected chi connectivity index (χ0v) is 14.3. The summed E-state index contributed by atoms with van der Waals surface area (Å²) in [5.41, 5.74) is 6.99. The number of rotatable bonds is 1. The van der Waals surface area contributed by atoms with Gasteiger partial charge >= 0.3 is 0 Å². The SMILES string of the molecule is Cc1ccc2[nH]c3c(c2c1)CN(C(=O)C1CCc2n[nH]nc2C1)CC3. The Kier molecular flexibility index (Phi) is 3.20. The molecule has 1 aliphatic heterocycles. The molecule has 6 nitrogen and oxygen atoms in total. The molecule has 0 fully saturated rings. The third-order valence-corrected chi connectivity index (χ3v) is 5.66. The number of H-pyrrole nitrogens is 2. The number of nitrogens with zero attached hydrogens (tertiary/aromatic N) is 3. The monoisotopic (exact) mass is 335 g/mol. The number of aromatic nitrogens is 4. The van der Waals surface area contributed by atoms with Gasteiger partial charge in [-0.05, 0) is 31.9 Å². The Morgan fingerprint density at radius 1 is 1.24 bits per heavy atom. The van der Waals surface area contributed by atoms with Crippen molar-refractivity contribution < 1.29 is 4.79 Å². The highest BCUT2D eigenvalue weighted by Crippen LogP contribution is 2.31. The highest BCUT2D eigenvalue weighted by Gasteiger charge is 2.32. The first-order chi connectivity index (χ1) is 12.2. The molecule has 2 N–H and O–H groups in total. The molecule has 0 saturated heterocycles. The van der Waals surface area contributed by atoms with Gasteiger partial charge in [-0.25, -0.2) is 0 Å². The van der Waals surface area contributed by atoms with Crippen molar-refractivity contribution >= 4 is 16.8 Å². The van der Waals surface area contributed by atoms with Crippen LogP contribution in [0.2, 0.25) is 0 Å². The van der Waals surface area contributed by atoms with Gasteiger partial charge in [-0.1, -0.05) is 11.6 Å². The number of aryl methyl sites for hydroxylation is 2. The summed E-state index contributed by atoms with van der Waals surface area (Å²) in [6.07, 6.45) is 3.32. The molecule has 0 bridgehead atoms. The van der Waals surface area contributed by atoms with Crippen molar-refractivity contribution in [2.24, 2.45) is 5.92 Å². The van der Waals surface area contributed by atoms with E-state index in [1.54, 1.807) is 0 Å². The lowest BCUT2D eigenvalue weighted by atomic mass is 9.88. The minimum absolute atomic E-state index is 0.0334. The van der Waals surface area contributed by atoms with Crippen molar-refractivity contribution in [3.05, 3.63) is 46.4 Å². The van der Waals surface area contributed by atoms with Crippen LogP contribution in [0, 0.1) is 12.8 Å². The van der Waals surface area contributed by atoms with Crippen molar-refractivity contribution in [1.82, 2.24) is 25.3 Å². The molecule has 0 spiro atoms. The van der Waals surface area contributed by atoms with Crippen molar-refractivity contribution in [1.29, 1.82) is 0 Å². The maximum absolute atomic E-state index is 13.1. The second-order valence-corrected chi connectivity index (χ2v) is 7.30. The van der Waals surface area contributed by atoms with Crippen LogP contribution in [0.1, 0.15) is 34.6 Å². The molecule has 3 heterocycles. The molecule has 1 unspecified atom stereocenters.